The molecule has 10 heteroatoms. The Balaban J connectivity index is 1.45. The molecule has 30 heavy (non-hydrogen) atoms. The van der Waals surface area contributed by atoms with Gasteiger partial charge in [0.2, 0.25) is 0 Å². The molecule has 0 atom stereocenters. The molecule has 156 valence electrons. The minimum absolute atomic E-state index is 0.188. The lowest BCUT2D eigenvalue weighted by Crippen LogP contribution is -2.14. The van der Waals surface area contributed by atoms with E-state index in [1.165, 1.54) is 11.3 Å². The third-order valence-corrected chi connectivity index (χ3v) is 6.07. The largest absolute Gasteiger partial charge is 0.462 e. The van der Waals surface area contributed by atoms with Crippen molar-refractivity contribution in [2.24, 2.45) is 0 Å². The number of hydrogen-bond donors (Lipinski definition) is 2. The molecule has 1 aliphatic heterocycles. The molecule has 1 aliphatic rings. The fraction of sp³-hybridized carbons (Fsp3) is 0.300. The summed E-state index contributed by atoms with van der Waals surface area (Å²) in [5.41, 5.74) is 3.65. The molecule has 3 aromatic rings. The van der Waals surface area contributed by atoms with Gasteiger partial charge in [0.25, 0.3) is 5.91 Å². The Morgan fingerprint density at radius 1 is 1.30 bits per heavy atom. The number of esters is 1. The normalized spacial score (nSPS) is 12.7. The van der Waals surface area contributed by atoms with Crippen LogP contribution in [-0.4, -0.2) is 33.4 Å². The summed E-state index contributed by atoms with van der Waals surface area (Å²) < 4.78 is 5.03. The Bertz CT molecular complexity index is 1110. The highest BCUT2D eigenvalue weighted by atomic mass is 35.5. The van der Waals surface area contributed by atoms with E-state index in [4.69, 9.17) is 16.3 Å². The number of benzene rings is 1. The number of rotatable bonds is 6. The van der Waals surface area contributed by atoms with Gasteiger partial charge < -0.3 is 19.9 Å². The number of carbonyl (C=O) groups is 2. The first-order valence-electron chi connectivity index (χ1n) is 9.53. The summed E-state index contributed by atoms with van der Waals surface area (Å²) in [7, 11) is 0. The minimum Gasteiger partial charge on any atom is -0.462 e. The molecule has 0 saturated carbocycles. The first-order chi connectivity index (χ1) is 14.5. The van der Waals surface area contributed by atoms with Gasteiger partial charge in [-0.3, -0.25) is 4.79 Å². The topological polar surface area (TPSA) is 100 Å². The number of hydrogen-bond acceptors (Lipinski definition) is 7. The van der Waals surface area contributed by atoms with Crippen LogP contribution in [0.3, 0.4) is 0 Å². The van der Waals surface area contributed by atoms with E-state index in [9.17, 15) is 9.59 Å². The maximum atomic E-state index is 12.5. The highest BCUT2D eigenvalue weighted by molar-refractivity contribution is 7.17. The van der Waals surface area contributed by atoms with Crippen molar-refractivity contribution in [2.45, 2.75) is 33.4 Å². The second-order valence-corrected chi connectivity index (χ2v) is 8.10. The number of fused-ring (bicyclic) bond motifs is 1. The van der Waals surface area contributed by atoms with Gasteiger partial charge in [-0.05, 0) is 36.6 Å². The van der Waals surface area contributed by atoms with Crippen LogP contribution in [0.1, 0.15) is 51.0 Å². The first-order valence-corrected chi connectivity index (χ1v) is 10.7. The molecule has 2 N–H and O–H groups in total. The molecule has 0 spiro atoms. The number of nitrogens with one attached hydrogen (secondary N) is 2. The van der Waals surface area contributed by atoms with E-state index in [1.54, 1.807) is 13.1 Å². The van der Waals surface area contributed by atoms with E-state index in [2.05, 4.69) is 25.2 Å². The van der Waals surface area contributed by atoms with Gasteiger partial charge in [-0.1, -0.05) is 35.9 Å². The van der Waals surface area contributed by atoms with Crippen molar-refractivity contribution in [3.8, 4) is 0 Å². The van der Waals surface area contributed by atoms with Crippen LogP contribution in [0.5, 0.6) is 0 Å². The fourth-order valence-electron chi connectivity index (χ4n) is 3.24. The van der Waals surface area contributed by atoms with Crippen molar-refractivity contribution in [3.05, 3.63) is 57.1 Å². The number of ether oxygens (including phenoxy) is 1. The highest BCUT2D eigenvalue weighted by Gasteiger charge is 2.24. The van der Waals surface area contributed by atoms with Crippen molar-refractivity contribution < 1.29 is 14.3 Å². The SMILES string of the molecule is CCOC(=O)c1cnc(N2Cc3ccc(NC(=O)c4nc(Cl)c(CC)[nH]4)cc3C2)s1. The Morgan fingerprint density at radius 2 is 2.10 bits per heavy atom. The molecule has 0 radical (unpaired) electrons. The molecular weight excluding hydrogens is 426 g/mol. The van der Waals surface area contributed by atoms with Crippen LogP contribution < -0.4 is 10.2 Å². The third-order valence-electron chi connectivity index (χ3n) is 4.72. The number of nitrogens with zero attached hydrogens (tertiary/aromatic N) is 3. The first kappa shape index (κ1) is 20.4. The number of halogens is 1. The quantitative estimate of drug-likeness (QED) is 0.555. The fourth-order valence-corrected chi connectivity index (χ4v) is 4.31. The molecule has 3 heterocycles. The van der Waals surface area contributed by atoms with Gasteiger partial charge in [0.1, 0.15) is 4.88 Å². The van der Waals surface area contributed by atoms with Gasteiger partial charge in [-0.15, -0.1) is 0 Å². The Hall–Kier alpha value is -2.91. The van der Waals surface area contributed by atoms with Crippen molar-refractivity contribution in [1.82, 2.24) is 15.0 Å². The van der Waals surface area contributed by atoms with E-state index in [1.807, 2.05) is 25.1 Å². The second-order valence-electron chi connectivity index (χ2n) is 6.73. The minimum atomic E-state index is -0.354. The highest BCUT2D eigenvalue weighted by Crippen LogP contribution is 2.33. The molecular formula is C20H20ClN5O3S. The monoisotopic (exact) mass is 445 g/mol. The lowest BCUT2D eigenvalue weighted by atomic mass is 10.1. The molecule has 0 bridgehead atoms. The number of aromatic amines is 1. The molecule has 0 fully saturated rings. The van der Waals surface area contributed by atoms with Crippen molar-refractivity contribution in [3.63, 3.8) is 0 Å². The van der Waals surface area contributed by atoms with E-state index in [-0.39, 0.29) is 17.7 Å². The van der Waals surface area contributed by atoms with E-state index in [0.29, 0.717) is 41.8 Å². The molecule has 1 amide bonds. The van der Waals surface area contributed by atoms with Crippen LogP contribution in [0.4, 0.5) is 10.8 Å². The van der Waals surface area contributed by atoms with E-state index in [0.717, 1.165) is 22.0 Å². The summed E-state index contributed by atoms with van der Waals surface area (Å²) in [5.74, 6) is -0.508. The van der Waals surface area contributed by atoms with Crippen LogP contribution in [0.2, 0.25) is 5.15 Å². The van der Waals surface area contributed by atoms with E-state index < -0.39 is 0 Å². The summed E-state index contributed by atoms with van der Waals surface area (Å²) in [6, 6.07) is 5.78. The molecule has 2 aromatic heterocycles. The van der Waals surface area contributed by atoms with Crippen molar-refractivity contribution in [2.75, 3.05) is 16.8 Å². The molecule has 1 aromatic carbocycles. The van der Waals surface area contributed by atoms with Crippen LogP contribution >= 0.6 is 22.9 Å². The summed E-state index contributed by atoms with van der Waals surface area (Å²) in [6.45, 7) is 5.37. The zero-order chi connectivity index (χ0) is 21.3. The predicted molar refractivity (Wildman–Crippen MR) is 115 cm³/mol. The number of amides is 1. The van der Waals surface area contributed by atoms with Gasteiger partial charge in [0, 0.05) is 18.8 Å². The van der Waals surface area contributed by atoms with Crippen molar-refractivity contribution >= 4 is 45.6 Å². The average Bonchev–Trinajstić information content (AvgIpc) is 3.45. The van der Waals surface area contributed by atoms with Crippen molar-refractivity contribution in [1.29, 1.82) is 0 Å². The predicted octanol–water partition coefficient (Wildman–Crippen LogP) is 4.03. The zero-order valence-electron chi connectivity index (χ0n) is 16.5. The Kier molecular flexibility index (Phi) is 5.74. The van der Waals surface area contributed by atoms with Crippen LogP contribution in [-0.2, 0) is 24.2 Å². The number of aryl methyl sites for hydroxylation is 1. The smallest absolute Gasteiger partial charge is 0.350 e. The summed E-state index contributed by atoms with van der Waals surface area (Å²) in [4.78, 5) is 38.3. The van der Waals surface area contributed by atoms with Crippen LogP contribution in [0.15, 0.2) is 24.4 Å². The molecule has 8 nitrogen and oxygen atoms in total. The molecule has 0 aliphatic carbocycles. The number of thiazole rings is 1. The van der Waals surface area contributed by atoms with E-state index >= 15 is 0 Å². The lowest BCUT2D eigenvalue weighted by molar-refractivity contribution is 0.0531. The average molecular weight is 446 g/mol. The number of anilines is 2. The third kappa shape index (κ3) is 4.03. The summed E-state index contributed by atoms with van der Waals surface area (Å²) in [5, 5.41) is 3.93. The molecule has 0 saturated heterocycles. The van der Waals surface area contributed by atoms with Crippen LogP contribution in [0, 0.1) is 0 Å². The lowest BCUT2D eigenvalue weighted by Gasteiger charge is -2.12. The zero-order valence-corrected chi connectivity index (χ0v) is 18.1. The van der Waals surface area contributed by atoms with Gasteiger partial charge >= 0.3 is 5.97 Å². The summed E-state index contributed by atoms with van der Waals surface area (Å²) >= 11 is 7.33. The van der Waals surface area contributed by atoms with Crippen LogP contribution in [0.25, 0.3) is 0 Å². The second kappa shape index (κ2) is 8.45. The number of carbonyl (C=O) groups excluding carboxylic acids is 2. The van der Waals surface area contributed by atoms with Gasteiger partial charge in [0.15, 0.2) is 16.1 Å². The Labute approximate surface area is 182 Å². The maximum Gasteiger partial charge on any atom is 0.350 e. The maximum absolute atomic E-state index is 12.5. The Morgan fingerprint density at radius 3 is 2.83 bits per heavy atom. The molecule has 0 unspecified atom stereocenters. The van der Waals surface area contributed by atoms with Gasteiger partial charge in [0.05, 0.1) is 18.5 Å². The van der Waals surface area contributed by atoms with Gasteiger partial charge in [-0.25, -0.2) is 14.8 Å². The molecule has 4 rings (SSSR count). The number of imidazole rings is 1. The standard InChI is InChI=1S/C20H20ClN5O3S/c1-3-14-16(21)25-17(24-14)18(27)23-13-6-5-11-9-26(10-12(11)7-13)20-22-8-15(30-20)19(28)29-4-2/h5-8H,3-4,9-10H2,1-2H3,(H,23,27)(H,24,25). The number of aromatic nitrogens is 3. The van der Waals surface area contributed by atoms with Gasteiger partial charge in [-0.2, -0.15) is 0 Å². The number of H-pyrrole nitrogens is 1. The summed E-state index contributed by atoms with van der Waals surface area (Å²) in [6.07, 6.45) is 2.22.